The monoisotopic (exact) mass is 368 g/mol. The van der Waals surface area contributed by atoms with Crippen molar-refractivity contribution in [3.8, 4) is 0 Å². The molecule has 0 heterocycles. The first-order valence-electron chi connectivity index (χ1n) is 10.9. The maximum absolute atomic E-state index is 10.6. The van der Waals surface area contributed by atoms with Crippen molar-refractivity contribution < 1.29 is 14.3 Å². The third kappa shape index (κ3) is 23.1. The molecule has 0 rings (SSSR count). The number of amides is 1. The number of carbonyl (C=O) groups excluding carboxylic acids is 2. The third-order valence-corrected chi connectivity index (χ3v) is 4.68. The van der Waals surface area contributed by atoms with E-state index < -0.39 is 0 Å². The fraction of sp³-hybridized carbons (Fsp3) is 0.864. The zero-order valence-electron chi connectivity index (χ0n) is 16.9. The number of carbonyl (C=O) groups is 2. The Labute approximate surface area is 161 Å². The molecule has 4 nitrogen and oxygen atoms in total. The molecule has 0 aliphatic carbocycles. The maximum atomic E-state index is 10.6. The Morgan fingerprint density at radius 1 is 0.692 bits per heavy atom. The number of aldehydes is 1. The zero-order valence-corrected chi connectivity index (χ0v) is 16.9. The lowest BCUT2D eigenvalue weighted by atomic mass is 10.0. The lowest BCUT2D eigenvalue weighted by Gasteiger charge is -2.05. The van der Waals surface area contributed by atoms with Gasteiger partial charge in [0.05, 0.1) is 6.61 Å². The van der Waals surface area contributed by atoms with E-state index in [4.69, 9.17) is 4.74 Å². The summed E-state index contributed by atoms with van der Waals surface area (Å²) in [5, 5.41) is 2.62. The average molecular weight is 369 g/mol. The van der Waals surface area contributed by atoms with E-state index in [1.54, 1.807) is 0 Å². The molecule has 0 aliphatic heterocycles. The number of unbranched alkanes of at least 4 members (excludes halogenated alkanes) is 15. The Kier molecular flexibility index (Phi) is 21.4. The van der Waals surface area contributed by atoms with Crippen LogP contribution in [-0.4, -0.2) is 32.0 Å². The first-order chi connectivity index (χ1) is 12.8. The lowest BCUT2D eigenvalue weighted by molar-refractivity contribution is -0.117. The second-order valence-corrected chi connectivity index (χ2v) is 7.22. The van der Waals surface area contributed by atoms with Gasteiger partial charge in [0.2, 0.25) is 5.91 Å². The van der Waals surface area contributed by atoms with Gasteiger partial charge in [-0.15, -0.1) is 0 Å². The first kappa shape index (κ1) is 25.1. The summed E-state index contributed by atoms with van der Waals surface area (Å²) >= 11 is 0. The molecule has 1 amide bonds. The Balaban J connectivity index is 2.99. The van der Waals surface area contributed by atoms with E-state index in [0.717, 1.165) is 32.2 Å². The van der Waals surface area contributed by atoms with Crippen molar-refractivity contribution in [3.63, 3.8) is 0 Å². The molecule has 0 aromatic rings. The van der Waals surface area contributed by atoms with Gasteiger partial charge in [0.1, 0.15) is 6.29 Å². The highest BCUT2D eigenvalue weighted by atomic mass is 16.5. The normalized spacial score (nSPS) is 10.8. The number of hydrogen-bond acceptors (Lipinski definition) is 3. The van der Waals surface area contributed by atoms with Gasteiger partial charge in [-0.25, -0.2) is 0 Å². The Morgan fingerprint density at radius 3 is 1.54 bits per heavy atom. The van der Waals surface area contributed by atoms with E-state index in [1.807, 2.05) is 0 Å². The van der Waals surface area contributed by atoms with E-state index in [-0.39, 0.29) is 5.91 Å². The van der Waals surface area contributed by atoms with Crippen molar-refractivity contribution >= 4 is 12.2 Å². The molecule has 1 N–H and O–H groups in total. The van der Waals surface area contributed by atoms with Crippen LogP contribution in [0.2, 0.25) is 0 Å². The SMILES string of the molecule is [CH2]C(=O)NCCOCCCCCCCCCCCCCCCCCC=O. The van der Waals surface area contributed by atoms with E-state index in [9.17, 15) is 9.59 Å². The van der Waals surface area contributed by atoms with Crippen LogP contribution in [0.4, 0.5) is 0 Å². The van der Waals surface area contributed by atoms with Gasteiger partial charge in [0, 0.05) is 26.5 Å². The topological polar surface area (TPSA) is 55.4 Å². The summed E-state index contributed by atoms with van der Waals surface area (Å²) in [6.07, 6.45) is 21.4. The van der Waals surface area contributed by atoms with Crippen LogP contribution in [0.3, 0.4) is 0 Å². The van der Waals surface area contributed by atoms with Crippen molar-refractivity contribution in [1.29, 1.82) is 0 Å². The third-order valence-electron chi connectivity index (χ3n) is 4.68. The summed E-state index contributed by atoms with van der Waals surface area (Å²) in [5.41, 5.74) is 0. The van der Waals surface area contributed by atoms with Crippen LogP contribution >= 0.6 is 0 Å². The van der Waals surface area contributed by atoms with Gasteiger partial charge in [-0.05, 0) is 12.8 Å². The Morgan fingerprint density at radius 2 is 1.12 bits per heavy atom. The van der Waals surface area contributed by atoms with Crippen molar-refractivity contribution in [2.75, 3.05) is 19.8 Å². The van der Waals surface area contributed by atoms with Gasteiger partial charge in [0.25, 0.3) is 0 Å². The van der Waals surface area contributed by atoms with E-state index in [0.29, 0.717) is 13.2 Å². The molecule has 0 fully saturated rings. The van der Waals surface area contributed by atoms with Crippen LogP contribution < -0.4 is 5.32 Å². The van der Waals surface area contributed by atoms with Crippen LogP contribution in [-0.2, 0) is 14.3 Å². The summed E-state index contributed by atoms with van der Waals surface area (Å²) < 4.78 is 5.45. The molecule has 4 heteroatoms. The van der Waals surface area contributed by atoms with Crippen LogP contribution in [0, 0.1) is 6.92 Å². The predicted octanol–water partition coefficient (Wildman–Crippen LogP) is 5.39. The van der Waals surface area contributed by atoms with Crippen LogP contribution in [0.1, 0.15) is 103 Å². The largest absolute Gasteiger partial charge is 0.380 e. The maximum Gasteiger partial charge on any atom is 0.220 e. The van der Waals surface area contributed by atoms with E-state index >= 15 is 0 Å². The van der Waals surface area contributed by atoms with Gasteiger partial charge in [0.15, 0.2) is 0 Å². The molecule has 0 spiro atoms. The molecule has 0 bridgehead atoms. The summed E-state index contributed by atoms with van der Waals surface area (Å²) in [6, 6.07) is 0. The second kappa shape index (κ2) is 22.1. The Hall–Kier alpha value is -0.900. The number of hydrogen-bond donors (Lipinski definition) is 1. The van der Waals surface area contributed by atoms with Gasteiger partial charge >= 0.3 is 0 Å². The van der Waals surface area contributed by atoms with E-state index in [2.05, 4.69) is 12.2 Å². The van der Waals surface area contributed by atoms with Crippen molar-refractivity contribution in [2.24, 2.45) is 0 Å². The fourth-order valence-corrected chi connectivity index (χ4v) is 3.09. The quantitative estimate of drug-likeness (QED) is 0.218. The highest BCUT2D eigenvalue weighted by Gasteiger charge is 1.95. The smallest absolute Gasteiger partial charge is 0.220 e. The highest BCUT2D eigenvalue weighted by Crippen LogP contribution is 2.13. The fourth-order valence-electron chi connectivity index (χ4n) is 3.09. The molecule has 0 saturated heterocycles. The van der Waals surface area contributed by atoms with Crippen molar-refractivity contribution in [2.45, 2.75) is 103 Å². The molecule has 0 unspecified atom stereocenters. The van der Waals surface area contributed by atoms with Gasteiger partial charge in [-0.2, -0.15) is 0 Å². The first-order valence-corrected chi connectivity index (χ1v) is 10.9. The molecule has 0 aromatic carbocycles. The lowest BCUT2D eigenvalue weighted by Crippen LogP contribution is -2.24. The van der Waals surface area contributed by atoms with Gasteiger partial charge in [-0.1, -0.05) is 83.5 Å². The molecule has 0 aromatic heterocycles. The summed E-state index contributed by atoms with van der Waals surface area (Å²) in [5.74, 6) is -0.240. The van der Waals surface area contributed by atoms with Crippen molar-refractivity contribution in [1.82, 2.24) is 5.32 Å². The molecular weight excluding hydrogens is 326 g/mol. The summed E-state index contributed by atoms with van der Waals surface area (Å²) in [4.78, 5) is 20.8. The molecule has 0 atom stereocenters. The molecule has 153 valence electrons. The average Bonchev–Trinajstić information content (AvgIpc) is 2.62. The minimum Gasteiger partial charge on any atom is -0.380 e. The standard InChI is InChI=1S/C22H42NO3/c1-22(25)23-18-21-26-20-17-15-13-11-9-7-5-3-2-4-6-8-10-12-14-16-19-24/h19H,1-18,20-21H2,(H,23,25). The van der Waals surface area contributed by atoms with E-state index in [1.165, 1.54) is 83.5 Å². The van der Waals surface area contributed by atoms with Gasteiger partial charge in [-0.3, -0.25) is 4.79 Å². The minimum atomic E-state index is -0.240. The van der Waals surface area contributed by atoms with Crippen LogP contribution in [0.5, 0.6) is 0 Å². The number of nitrogens with one attached hydrogen (secondary N) is 1. The van der Waals surface area contributed by atoms with Crippen molar-refractivity contribution in [3.05, 3.63) is 6.92 Å². The van der Waals surface area contributed by atoms with Crippen LogP contribution in [0.15, 0.2) is 0 Å². The predicted molar refractivity (Wildman–Crippen MR) is 109 cm³/mol. The molecule has 1 radical (unpaired) electrons. The highest BCUT2D eigenvalue weighted by molar-refractivity contribution is 5.79. The van der Waals surface area contributed by atoms with Crippen LogP contribution in [0.25, 0.3) is 0 Å². The minimum absolute atomic E-state index is 0.240. The summed E-state index contributed by atoms with van der Waals surface area (Å²) in [6.45, 7) is 5.19. The molecule has 0 saturated carbocycles. The van der Waals surface area contributed by atoms with Gasteiger partial charge < -0.3 is 14.8 Å². The number of ether oxygens (including phenoxy) is 1. The zero-order chi connectivity index (χ0) is 19.1. The molecule has 0 aliphatic rings. The summed E-state index contributed by atoms with van der Waals surface area (Å²) in [7, 11) is 0. The number of rotatable bonds is 21. The molecule has 26 heavy (non-hydrogen) atoms. The second-order valence-electron chi connectivity index (χ2n) is 7.22. The molecular formula is C22H42NO3. The Bertz CT molecular complexity index is 308.